The molecular weight excluding hydrogens is 306 g/mol. The van der Waals surface area contributed by atoms with E-state index >= 15 is 0 Å². The zero-order valence-electron chi connectivity index (χ0n) is 11.7. The van der Waals surface area contributed by atoms with Gasteiger partial charge in [0.25, 0.3) is 5.91 Å². The van der Waals surface area contributed by atoms with Gasteiger partial charge in [0.05, 0.1) is 10.6 Å². The molecule has 2 aromatic heterocycles. The second kappa shape index (κ2) is 6.03. The van der Waals surface area contributed by atoms with E-state index in [-0.39, 0.29) is 5.91 Å². The van der Waals surface area contributed by atoms with Crippen molar-refractivity contribution in [2.45, 2.75) is 25.4 Å². The molecule has 0 bridgehead atoms. The van der Waals surface area contributed by atoms with Crippen molar-refractivity contribution in [3.05, 3.63) is 45.2 Å². The molecule has 0 radical (unpaired) electrons. The number of hydrogen-bond donors (Lipinski definition) is 1. The third-order valence-corrected chi connectivity index (χ3v) is 4.56. The lowest BCUT2D eigenvalue weighted by atomic mass is 10.2. The zero-order chi connectivity index (χ0) is 14.8. The minimum Gasteiger partial charge on any atom is -0.373 e. The molecule has 2 aromatic rings. The van der Waals surface area contributed by atoms with E-state index in [1.54, 1.807) is 24.5 Å². The van der Waals surface area contributed by atoms with Crippen LogP contribution in [-0.4, -0.2) is 28.9 Å². The second-order valence-corrected chi connectivity index (χ2v) is 6.28. The van der Waals surface area contributed by atoms with E-state index in [0.29, 0.717) is 29.0 Å². The van der Waals surface area contributed by atoms with E-state index < -0.39 is 0 Å². The number of halogens is 1. The topological polar surface area (TPSA) is 45.2 Å². The number of carbonyl (C=O) groups excluding carboxylic acids is 1. The molecule has 1 aliphatic rings. The van der Waals surface area contributed by atoms with E-state index in [1.807, 2.05) is 10.3 Å². The number of thiophene rings is 1. The molecule has 0 aliphatic heterocycles. The minimum absolute atomic E-state index is 0.0207. The molecule has 21 heavy (non-hydrogen) atoms. The summed E-state index contributed by atoms with van der Waals surface area (Å²) >= 11 is 7.81. The van der Waals surface area contributed by atoms with Crippen LogP contribution >= 0.6 is 22.9 Å². The number of carbonyl (C=O) groups is 1. The molecule has 6 heteroatoms. The lowest BCUT2D eigenvalue weighted by Crippen LogP contribution is -2.32. The summed E-state index contributed by atoms with van der Waals surface area (Å²) in [4.78, 5) is 18.9. The highest BCUT2D eigenvalue weighted by Gasteiger charge is 2.34. The predicted molar refractivity (Wildman–Crippen MR) is 86.0 cm³/mol. The maximum atomic E-state index is 12.8. The molecule has 1 saturated carbocycles. The molecule has 0 unspecified atom stereocenters. The minimum atomic E-state index is -0.0207. The summed E-state index contributed by atoms with van der Waals surface area (Å²) in [6.07, 6.45) is 3.66. The standard InChI is InChI=1S/C15H16ClN3OS/c1-17-14-6-12(13(16)7-18-14)15(20)19(11-2-3-11)8-10-4-5-21-9-10/h4-7,9,11H,2-3,8H2,1H3,(H,17,18). The van der Waals surface area contributed by atoms with Gasteiger partial charge in [-0.15, -0.1) is 0 Å². The lowest BCUT2D eigenvalue weighted by molar-refractivity contribution is 0.0730. The third-order valence-electron chi connectivity index (χ3n) is 3.52. The Bertz CT molecular complexity index is 640. The first-order chi connectivity index (χ1) is 10.2. The second-order valence-electron chi connectivity index (χ2n) is 5.10. The van der Waals surface area contributed by atoms with E-state index in [0.717, 1.165) is 12.8 Å². The van der Waals surface area contributed by atoms with Crippen molar-refractivity contribution >= 4 is 34.7 Å². The Morgan fingerprint density at radius 2 is 2.38 bits per heavy atom. The summed E-state index contributed by atoms with van der Waals surface area (Å²) in [6.45, 7) is 0.639. The number of anilines is 1. The van der Waals surface area contributed by atoms with Crippen LogP contribution < -0.4 is 5.32 Å². The van der Waals surface area contributed by atoms with Crippen LogP contribution in [0.4, 0.5) is 5.82 Å². The molecule has 1 N–H and O–H groups in total. The van der Waals surface area contributed by atoms with Gasteiger partial charge < -0.3 is 10.2 Å². The Hall–Kier alpha value is -1.59. The number of amides is 1. The fourth-order valence-corrected chi connectivity index (χ4v) is 3.07. The molecule has 0 spiro atoms. The van der Waals surface area contributed by atoms with Gasteiger partial charge in [0.15, 0.2) is 0 Å². The van der Waals surface area contributed by atoms with Crippen LogP contribution in [0.3, 0.4) is 0 Å². The molecule has 2 heterocycles. The van der Waals surface area contributed by atoms with Crippen molar-refractivity contribution in [2.24, 2.45) is 0 Å². The lowest BCUT2D eigenvalue weighted by Gasteiger charge is -2.22. The molecule has 4 nitrogen and oxygen atoms in total. The van der Waals surface area contributed by atoms with Crippen LogP contribution in [0.2, 0.25) is 5.02 Å². The predicted octanol–water partition coefficient (Wildman–Crippen LogP) is 3.64. The van der Waals surface area contributed by atoms with Crippen molar-refractivity contribution in [3.8, 4) is 0 Å². The van der Waals surface area contributed by atoms with E-state index in [9.17, 15) is 4.79 Å². The third kappa shape index (κ3) is 3.19. The first-order valence-corrected chi connectivity index (χ1v) is 8.16. The first-order valence-electron chi connectivity index (χ1n) is 6.84. The maximum absolute atomic E-state index is 12.8. The first kappa shape index (κ1) is 14.4. The Kier molecular flexibility index (Phi) is 4.12. The zero-order valence-corrected chi connectivity index (χ0v) is 13.2. The Labute approximate surface area is 132 Å². The van der Waals surface area contributed by atoms with Gasteiger partial charge in [-0.2, -0.15) is 11.3 Å². The van der Waals surface area contributed by atoms with Crippen molar-refractivity contribution in [3.63, 3.8) is 0 Å². The average molecular weight is 322 g/mol. The van der Waals surface area contributed by atoms with E-state index in [4.69, 9.17) is 11.6 Å². The van der Waals surface area contributed by atoms with Crippen LogP contribution in [-0.2, 0) is 6.54 Å². The van der Waals surface area contributed by atoms with Gasteiger partial charge in [-0.25, -0.2) is 4.98 Å². The Balaban J connectivity index is 1.87. The normalized spacial score (nSPS) is 14.0. The maximum Gasteiger partial charge on any atom is 0.256 e. The van der Waals surface area contributed by atoms with Crippen LogP contribution in [0.25, 0.3) is 0 Å². The van der Waals surface area contributed by atoms with Gasteiger partial charge in [0.1, 0.15) is 5.82 Å². The smallest absolute Gasteiger partial charge is 0.256 e. The number of rotatable bonds is 5. The molecule has 0 aromatic carbocycles. The number of nitrogens with zero attached hydrogens (tertiary/aromatic N) is 2. The molecule has 0 saturated heterocycles. The van der Waals surface area contributed by atoms with Crippen LogP contribution in [0.1, 0.15) is 28.8 Å². The van der Waals surface area contributed by atoms with Gasteiger partial charge >= 0.3 is 0 Å². The van der Waals surface area contributed by atoms with Crippen LogP contribution in [0.15, 0.2) is 29.1 Å². The summed E-state index contributed by atoms with van der Waals surface area (Å²) in [7, 11) is 1.77. The number of pyridine rings is 1. The highest BCUT2D eigenvalue weighted by atomic mass is 35.5. The fraction of sp³-hybridized carbons (Fsp3) is 0.333. The van der Waals surface area contributed by atoms with Crippen molar-refractivity contribution in [1.29, 1.82) is 0 Å². The molecule has 3 rings (SSSR count). The molecular formula is C15H16ClN3OS. The van der Waals surface area contributed by atoms with Gasteiger partial charge in [-0.1, -0.05) is 11.6 Å². The highest BCUT2D eigenvalue weighted by Crippen LogP contribution is 2.31. The molecule has 110 valence electrons. The highest BCUT2D eigenvalue weighted by molar-refractivity contribution is 7.07. The summed E-state index contributed by atoms with van der Waals surface area (Å²) < 4.78 is 0. The fourth-order valence-electron chi connectivity index (χ4n) is 2.23. The van der Waals surface area contributed by atoms with Crippen molar-refractivity contribution in [2.75, 3.05) is 12.4 Å². The average Bonchev–Trinajstić information content (AvgIpc) is 3.21. The SMILES string of the molecule is CNc1cc(C(=O)N(Cc2ccsc2)C2CC2)c(Cl)cn1. The summed E-state index contributed by atoms with van der Waals surface area (Å²) in [6, 6.07) is 4.11. The van der Waals surface area contributed by atoms with E-state index in [1.165, 1.54) is 11.8 Å². The molecule has 0 atom stereocenters. The quantitative estimate of drug-likeness (QED) is 0.914. The van der Waals surface area contributed by atoms with Crippen molar-refractivity contribution in [1.82, 2.24) is 9.88 Å². The summed E-state index contributed by atoms with van der Waals surface area (Å²) in [5.74, 6) is 0.627. The van der Waals surface area contributed by atoms with Crippen LogP contribution in [0, 0.1) is 0 Å². The summed E-state index contributed by atoms with van der Waals surface area (Å²) in [5, 5.41) is 7.45. The monoisotopic (exact) mass is 321 g/mol. The van der Waals surface area contributed by atoms with Crippen molar-refractivity contribution < 1.29 is 4.79 Å². The Morgan fingerprint density at radius 3 is 3.00 bits per heavy atom. The van der Waals surface area contributed by atoms with Gasteiger partial charge in [-0.05, 0) is 41.3 Å². The number of hydrogen-bond acceptors (Lipinski definition) is 4. The Morgan fingerprint density at radius 1 is 1.57 bits per heavy atom. The summed E-state index contributed by atoms with van der Waals surface area (Å²) in [5.41, 5.74) is 1.68. The number of nitrogens with one attached hydrogen (secondary N) is 1. The van der Waals surface area contributed by atoms with Crippen LogP contribution in [0.5, 0.6) is 0 Å². The molecule has 1 aliphatic carbocycles. The van der Waals surface area contributed by atoms with Gasteiger partial charge in [-0.3, -0.25) is 4.79 Å². The molecule has 1 fully saturated rings. The molecule has 1 amide bonds. The number of aromatic nitrogens is 1. The largest absolute Gasteiger partial charge is 0.373 e. The van der Waals surface area contributed by atoms with E-state index in [2.05, 4.69) is 21.7 Å². The van der Waals surface area contributed by atoms with Gasteiger partial charge in [0, 0.05) is 25.8 Å². The van der Waals surface area contributed by atoms with Gasteiger partial charge in [0.2, 0.25) is 0 Å².